The Hall–Kier alpha value is -0.860. The quantitative estimate of drug-likeness (QED) is 0.754. The summed E-state index contributed by atoms with van der Waals surface area (Å²) in [7, 11) is 0. The molecule has 1 aliphatic carbocycles. The molecule has 1 aromatic carbocycles. The van der Waals surface area contributed by atoms with Crippen molar-refractivity contribution in [1.29, 1.82) is 0 Å². The Morgan fingerprint density at radius 1 is 1.07 bits per heavy atom. The molecule has 76 valence electrons. The van der Waals surface area contributed by atoms with Gasteiger partial charge in [0.2, 0.25) is 0 Å². The Morgan fingerprint density at radius 3 is 2.00 bits per heavy atom. The van der Waals surface area contributed by atoms with Gasteiger partial charge in [0.1, 0.15) is 0 Å². The van der Waals surface area contributed by atoms with Crippen molar-refractivity contribution in [3.05, 3.63) is 35.4 Å². The normalized spacial score (nSPS) is 30.4. The first-order valence-electron chi connectivity index (χ1n) is 5.20. The third kappa shape index (κ3) is 1.35. The minimum absolute atomic E-state index is 0.0163. The molecule has 2 heteroatoms. The van der Waals surface area contributed by atoms with Gasteiger partial charge >= 0.3 is 0 Å². The first-order valence-corrected chi connectivity index (χ1v) is 5.20. The van der Waals surface area contributed by atoms with Gasteiger partial charge in [-0.15, -0.1) is 0 Å². The van der Waals surface area contributed by atoms with Crippen LogP contribution in [0.5, 0.6) is 0 Å². The first-order chi connectivity index (χ1) is 6.75. The highest BCUT2D eigenvalue weighted by Crippen LogP contribution is 2.45. The molecule has 0 aliphatic heterocycles. The molecule has 2 N–H and O–H groups in total. The minimum atomic E-state index is -0.485. The van der Waals surface area contributed by atoms with Gasteiger partial charge in [-0.25, -0.2) is 0 Å². The number of hydrogen-bond donors (Lipinski definition) is 2. The van der Waals surface area contributed by atoms with Crippen LogP contribution < -0.4 is 0 Å². The van der Waals surface area contributed by atoms with Crippen molar-refractivity contribution in [3.8, 4) is 0 Å². The molecule has 0 bridgehead atoms. The number of fused-ring (bicyclic) bond motifs is 1. The van der Waals surface area contributed by atoms with E-state index in [4.69, 9.17) is 0 Å². The van der Waals surface area contributed by atoms with Crippen molar-refractivity contribution >= 4 is 0 Å². The van der Waals surface area contributed by atoms with E-state index in [0.29, 0.717) is 0 Å². The van der Waals surface area contributed by atoms with Gasteiger partial charge in [0.15, 0.2) is 0 Å². The van der Waals surface area contributed by atoms with E-state index in [2.05, 4.69) is 6.92 Å². The van der Waals surface area contributed by atoms with Gasteiger partial charge in [-0.1, -0.05) is 37.6 Å². The summed E-state index contributed by atoms with van der Waals surface area (Å²) in [5.74, 6) is -0.0163. The number of hydrogen-bond acceptors (Lipinski definition) is 2. The molecule has 1 aromatic rings. The fraction of sp³-hybridized carbons (Fsp3) is 0.500. The molecule has 14 heavy (non-hydrogen) atoms. The number of aliphatic hydroxyl groups excluding tert-OH is 2. The Morgan fingerprint density at radius 2 is 1.57 bits per heavy atom. The monoisotopic (exact) mass is 192 g/mol. The SMILES string of the molecule is CCCC1C(O)c2ccccc2C1O. The van der Waals surface area contributed by atoms with Gasteiger partial charge in [-0.2, -0.15) is 0 Å². The van der Waals surface area contributed by atoms with Crippen molar-refractivity contribution in [2.24, 2.45) is 5.92 Å². The summed E-state index contributed by atoms with van der Waals surface area (Å²) < 4.78 is 0. The zero-order chi connectivity index (χ0) is 10.1. The minimum Gasteiger partial charge on any atom is -0.388 e. The van der Waals surface area contributed by atoms with Gasteiger partial charge < -0.3 is 10.2 Å². The molecule has 0 saturated heterocycles. The van der Waals surface area contributed by atoms with Gasteiger partial charge in [0.25, 0.3) is 0 Å². The lowest BCUT2D eigenvalue weighted by molar-refractivity contribution is 0.0296. The largest absolute Gasteiger partial charge is 0.388 e. The maximum atomic E-state index is 9.98. The van der Waals surface area contributed by atoms with E-state index in [1.165, 1.54) is 0 Å². The molecule has 1 aliphatic rings. The van der Waals surface area contributed by atoms with Crippen LogP contribution in [0, 0.1) is 5.92 Å². The van der Waals surface area contributed by atoms with Crippen LogP contribution in [0.1, 0.15) is 43.1 Å². The average Bonchev–Trinajstić information content (AvgIpc) is 2.45. The maximum Gasteiger partial charge on any atom is 0.0849 e. The van der Waals surface area contributed by atoms with Gasteiger partial charge in [0.05, 0.1) is 12.2 Å². The van der Waals surface area contributed by atoms with E-state index < -0.39 is 12.2 Å². The van der Waals surface area contributed by atoms with E-state index in [1.807, 2.05) is 24.3 Å². The van der Waals surface area contributed by atoms with Crippen molar-refractivity contribution in [2.45, 2.75) is 32.0 Å². The summed E-state index contributed by atoms with van der Waals surface area (Å²) in [6, 6.07) is 7.62. The van der Waals surface area contributed by atoms with Crippen LogP contribution in [0.3, 0.4) is 0 Å². The van der Waals surface area contributed by atoms with Crippen molar-refractivity contribution in [3.63, 3.8) is 0 Å². The van der Waals surface area contributed by atoms with E-state index in [-0.39, 0.29) is 5.92 Å². The van der Waals surface area contributed by atoms with E-state index in [9.17, 15) is 10.2 Å². The Balaban J connectivity index is 2.33. The smallest absolute Gasteiger partial charge is 0.0849 e. The topological polar surface area (TPSA) is 40.5 Å². The Bertz CT molecular complexity index is 293. The Labute approximate surface area is 84.2 Å². The summed E-state index contributed by atoms with van der Waals surface area (Å²) in [5.41, 5.74) is 1.80. The summed E-state index contributed by atoms with van der Waals surface area (Å²) in [4.78, 5) is 0. The lowest BCUT2D eigenvalue weighted by Crippen LogP contribution is -2.11. The Kier molecular flexibility index (Phi) is 2.57. The standard InChI is InChI=1S/C12H16O2/c1-2-5-10-11(13)8-6-3-4-7-9(8)12(10)14/h3-4,6-7,10-14H,2,5H2,1H3. The second-order valence-electron chi connectivity index (χ2n) is 3.97. The maximum absolute atomic E-state index is 9.98. The summed E-state index contributed by atoms with van der Waals surface area (Å²) in [6.07, 6.45) is 0.895. The highest BCUT2D eigenvalue weighted by atomic mass is 16.3. The second kappa shape index (κ2) is 3.71. The molecule has 2 nitrogen and oxygen atoms in total. The van der Waals surface area contributed by atoms with Crippen LogP contribution in [0.4, 0.5) is 0 Å². The summed E-state index contributed by atoms with van der Waals surface area (Å²) >= 11 is 0. The van der Waals surface area contributed by atoms with Crippen molar-refractivity contribution < 1.29 is 10.2 Å². The summed E-state index contributed by atoms with van der Waals surface area (Å²) in [6.45, 7) is 2.07. The van der Waals surface area contributed by atoms with E-state index in [1.54, 1.807) is 0 Å². The number of rotatable bonds is 2. The van der Waals surface area contributed by atoms with E-state index in [0.717, 1.165) is 24.0 Å². The molecule has 2 atom stereocenters. The molecule has 0 heterocycles. The molecule has 0 radical (unpaired) electrons. The third-order valence-corrected chi connectivity index (χ3v) is 3.07. The van der Waals surface area contributed by atoms with Crippen LogP contribution in [0.25, 0.3) is 0 Å². The number of benzene rings is 1. The highest BCUT2D eigenvalue weighted by Gasteiger charge is 2.37. The predicted octanol–water partition coefficient (Wildman–Crippen LogP) is 2.18. The van der Waals surface area contributed by atoms with Crippen LogP contribution in [0.2, 0.25) is 0 Å². The van der Waals surface area contributed by atoms with Gasteiger partial charge in [-0.3, -0.25) is 0 Å². The molecular weight excluding hydrogens is 176 g/mol. The van der Waals surface area contributed by atoms with Crippen molar-refractivity contribution in [2.75, 3.05) is 0 Å². The van der Waals surface area contributed by atoms with Gasteiger partial charge in [-0.05, 0) is 17.5 Å². The van der Waals surface area contributed by atoms with E-state index >= 15 is 0 Å². The lowest BCUT2D eigenvalue weighted by atomic mass is 9.96. The molecule has 0 spiro atoms. The fourth-order valence-corrected chi connectivity index (χ4v) is 2.33. The summed E-state index contributed by atoms with van der Waals surface area (Å²) in [5, 5.41) is 20.0. The lowest BCUT2D eigenvalue weighted by Gasteiger charge is -2.17. The highest BCUT2D eigenvalue weighted by molar-refractivity contribution is 5.36. The second-order valence-corrected chi connectivity index (χ2v) is 3.97. The van der Waals surface area contributed by atoms with Gasteiger partial charge in [0, 0.05) is 5.92 Å². The molecule has 0 saturated carbocycles. The van der Waals surface area contributed by atoms with Crippen LogP contribution in [-0.2, 0) is 0 Å². The molecule has 0 fully saturated rings. The third-order valence-electron chi connectivity index (χ3n) is 3.07. The average molecular weight is 192 g/mol. The molecule has 2 unspecified atom stereocenters. The fourth-order valence-electron chi connectivity index (χ4n) is 2.33. The zero-order valence-electron chi connectivity index (χ0n) is 8.35. The van der Waals surface area contributed by atoms with Crippen LogP contribution >= 0.6 is 0 Å². The molecular formula is C12H16O2. The molecule has 0 aromatic heterocycles. The predicted molar refractivity (Wildman–Crippen MR) is 54.8 cm³/mol. The van der Waals surface area contributed by atoms with Crippen LogP contribution in [0.15, 0.2) is 24.3 Å². The van der Waals surface area contributed by atoms with Crippen LogP contribution in [-0.4, -0.2) is 10.2 Å². The molecule has 2 rings (SSSR count). The first kappa shape index (κ1) is 9.69. The van der Waals surface area contributed by atoms with Crippen molar-refractivity contribution in [1.82, 2.24) is 0 Å². The zero-order valence-corrected chi connectivity index (χ0v) is 8.35. The number of aliphatic hydroxyl groups is 2. The molecule has 0 amide bonds.